The van der Waals surface area contributed by atoms with Crippen molar-refractivity contribution < 1.29 is 4.42 Å². The van der Waals surface area contributed by atoms with Crippen LogP contribution in [0.2, 0.25) is 0 Å². The molecule has 266 valence electrons. The number of nitrogens with zero attached hydrogens (tertiary/aromatic N) is 1. The number of hydrogen-bond donors (Lipinski definition) is 1. The highest BCUT2D eigenvalue weighted by atomic mass is 32.1. The lowest BCUT2D eigenvalue weighted by Gasteiger charge is -2.22. The molecule has 0 saturated heterocycles. The van der Waals surface area contributed by atoms with E-state index in [1.165, 1.54) is 91.5 Å². The standard InChI is InChI=1S/C50H41BN2OS/c1-49(2,3)30-15-18-32(19-16-30)52-40-24-29-12-8-7-11-28(29)23-36(40)34-20-21-35-37-26-38-33-13-9-10-14-43(33)55-44(38)27-41(37)53-46(35)45(34)51-48-47(53)39-25-31(50(4,5)6)17-22-42(39)54-48/h7-27,51-52H,1-6H3. The van der Waals surface area contributed by atoms with Crippen molar-refractivity contribution in [3.8, 4) is 16.8 Å². The van der Waals surface area contributed by atoms with Crippen molar-refractivity contribution in [1.82, 2.24) is 4.57 Å². The average molecular weight is 729 g/mol. The van der Waals surface area contributed by atoms with Crippen LogP contribution >= 0.6 is 11.3 Å². The topological polar surface area (TPSA) is 30.1 Å². The van der Waals surface area contributed by atoms with Crippen LogP contribution in [0.1, 0.15) is 52.7 Å². The van der Waals surface area contributed by atoms with Crippen LogP contribution in [0, 0.1) is 0 Å². The van der Waals surface area contributed by atoms with Gasteiger partial charge in [-0.2, -0.15) is 0 Å². The quantitative estimate of drug-likeness (QED) is 0.184. The smallest absolute Gasteiger partial charge is 0.244 e. The van der Waals surface area contributed by atoms with E-state index in [-0.39, 0.29) is 10.8 Å². The van der Waals surface area contributed by atoms with Crippen LogP contribution in [0.25, 0.3) is 80.5 Å². The van der Waals surface area contributed by atoms with Crippen LogP contribution < -0.4 is 16.4 Å². The Morgan fingerprint density at radius 3 is 2.09 bits per heavy atom. The maximum atomic E-state index is 6.89. The summed E-state index contributed by atoms with van der Waals surface area (Å²) in [6.45, 7) is 13.7. The number of thiophene rings is 1. The Morgan fingerprint density at radius 2 is 1.31 bits per heavy atom. The molecule has 0 saturated carbocycles. The third-order valence-corrected chi connectivity index (χ3v) is 13.0. The number of hydrogen-bond acceptors (Lipinski definition) is 3. The van der Waals surface area contributed by atoms with E-state index in [1.807, 2.05) is 11.3 Å². The summed E-state index contributed by atoms with van der Waals surface area (Å²) >= 11 is 1.88. The van der Waals surface area contributed by atoms with Gasteiger partial charge in [-0.05, 0) is 98.4 Å². The molecule has 1 aliphatic rings. The lowest BCUT2D eigenvalue weighted by atomic mass is 9.62. The van der Waals surface area contributed by atoms with Crippen LogP contribution in [0.3, 0.4) is 0 Å². The Labute approximate surface area is 325 Å². The number of aromatic nitrogens is 1. The van der Waals surface area contributed by atoms with Crippen molar-refractivity contribution in [3.63, 3.8) is 0 Å². The Hall–Kier alpha value is -5.78. The molecule has 0 radical (unpaired) electrons. The molecular weight excluding hydrogens is 687 g/mol. The van der Waals surface area contributed by atoms with Crippen LogP contribution in [-0.2, 0) is 10.8 Å². The number of nitrogens with one attached hydrogen (secondary N) is 1. The zero-order valence-electron chi connectivity index (χ0n) is 32.1. The molecule has 4 heterocycles. The van der Waals surface area contributed by atoms with Gasteiger partial charge in [0.05, 0.1) is 16.9 Å². The zero-order valence-corrected chi connectivity index (χ0v) is 32.9. The van der Waals surface area contributed by atoms with Crippen LogP contribution in [0.4, 0.5) is 11.4 Å². The minimum Gasteiger partial charge on any atom is -0.469 e. The molecule has 0 atom stereocenters. The van der Waals surface area contributed by atoms with Crippen molar-refractivity contribution in [2.75, 3.05) is 5.32 Å². The first kappa shape index (κ1) is 32.6. The summed E-state index contributed by atoms with van der Waals surface area (Å²) in [5.74, 6) is 0. The predicted octanol–water partition coefficient (Wildman–Crippen LogP) is 12.8. The molecule has 0 amide bonds. The second kappa shape index (κ2) is 11.4. The minimum absolute atomic E-state index is 0.0158. The molecule has 10 aromatic rings. The van der Waals surface area contributed by atoms with Crippen LogP contribution in [-0.4, -0.2) is 11.8 Å². The highest BCUT2D eigenvalue weighted by Gasteiger charge is 2.32. The fraction of sp³-hybridized carbons (Fsp3) is 0.160. The van der Waals surface area contributed by atoms with E-state index in [0.717, 1.165) is 22.6 Å². The molecule has 0 spiro atoms. The molecule has 3 nitrogen and oxygen atoms in total. The third-order valence-electron chi connectivity index (χ3n) is 11.9. The largest absolute Gasteiger partial charge is 0.469 e. The lowest BCUT2D eigenvalue weighted by Crippen LogP contribution is -2.36. The van der Waals surface area contributed by atoms with Crippen LogP contribution in [0.5, 0.6) is 0 Å². The summed E-state index contributed by atoms with van der Waals surface area (Å²) in [5.41, 5.74) is 14.3. The molecule has 3 aromatic heterocycles. The first-order valence-corrected chi connectivity index (χ1v) is 20.2. The maximum Gasteiger partial charge on any atom is 0.244 e. The fourth-order valence-corrected chi connectivity index (χ4v) is 10.1. The number of fused-ring (bicyclic) bond motifs is 11. The Bertz CT molecular complexity index is 3220. The molecule has 7 aromatic carbocycles. The summed E-state index contributed by atoms with van der Waals surface area (Å²) in [5, 5.41) is 12.7. The van der Waals surface area contributed by atoms with Gasteiger partial charge in [0.25, 0.3) is 0 Å². The highest BCUT2D eigenvalue weighted by molar-refractivity contribution is 7.25. The SMILES string of the molecule is CC(C)(C)c1ccc(Nc2cc3ccccc3cc2-c2ccc3c4cc5c(cc4n4c3c2Bc2oc3ccc(C(C)(C)C)cc3c2-4)sc2ccccc25)cc1. The van der Waals surface area contributed by atoms with Gasteiger partial charge in [-0.15, -0.1) is 11.3 Å². The molecule has 0 aliphatic carbocycles. The van der Waals surface area contributed by atoms with Gasteiger partial charge in [0.15, 0.2) is 0 Å². The summed E-state index contributed by atoms with van der Waals surface area (Å²) < 4.78 is 12.1. The van der Waals surface area contributed by atoms with E-state index in [1.54, 1.807) is 0 Å². The Kier molecular flexibility index (Phi) is 6.75. The molecule has 55 heavy (non-hydrogen) atoms. The van der Waals surface area contributed by atoms with Crippen molar-refractivity contribution >= 4 is 105 Å². The second-order valence-corrected chi connectivity index (χ2v) is 18.6. The monoisotopic (exact) mass is 728 g/mol. The van der Waals surface area contributed by atoms with E-state index in [9.17, 15) is 0 Å². The van der Waals surface area contributed by atoms with Crippen molar-refractivity contribution in [2.24, 2.45) is 0 Å². The lowest BCUT2D eigenvalue weighted by molar-refractivity contribution is 0.590. The van der Waals surface area contributed by atoms with Gasteiger partial charge in [-0.25, -0.2) is 0 Å². The highest BCUT2D eigenvalue weighted by Crippen LogP contribution is 2.44. The van der Waals surface area contributed by atoms with Crippen molar-refractivity contribution in [1.29, 1.82) is 0 Å². The average Bonchev–Trinajstić information content (AvgIpc) is 3.82. The van der Waals surface area contributed by atoms with Crippen molar-refractivity contribution in [2.45, 2.75) is 52.4 Å². The van der Waals surface area contributed by atoms with Gasteiger partial charge in [0, 0.05) is 58.8 Å². The summed E-state index contributed by atoms with van der Waals surface area (Å²) in [4.78, 5) is 0. The van der Waals surface area contributed by atoms with Crippen LogP contribution in [0.15, 0.2) is 132 Å². The molecule has 1 N–H and O–H groups in total. The Morgan fingerprint density at radius 1 is 0.582 bits per heavy atom. The Balaban J connectivity index is 1.21. The molecule has 5 heteroatoms. The normalized spacial score (nSPS) is 13.1. The van der Waals surface area contributed by atoms with Crippen molar-refractivity contribution in [3.05, 3.63) is 139 Å². The summed E-state index contributed by atoms with van der Waals surface area (Å²) in [6, 6.07) is 47.5. The van der Waals surface area contributed by atoms with Gasteiger partial charge in [-0.1, -0.05) is 114 Å². The van der Waals surface area contributed by atoms with Gasteiger partial charge < -0.3 is 14.3 Å². The van der Waals surface area contributed by atoms with E-state index in [0.29, 0.717) is 7.28 Å². The van der Waals surface area contributed by atoms with Gasteiger partial charge in [0.2, 0.25) is 7.28 Å². The first-order valence-electron chi connectivity index (χ1n) is 19.4. The molecule has 0 unspecified atom stereocenters. The molecule has 11 rings (SSSR count). The number of anilines is 2. The third kappa shape index (κ3) is 4.95. The van der Waals surface area contributed by atoms with E-state index >= 15 is 0 Å². The molecule has 0 bridgehead atoms. The predicted molar refractivity (Wildman–Crippen MR) is 240 cm³/mol. The zero-order chi connectivity index (χ0) is 37.4. The van der Waals surface area contributed by atoms with Gasteiger partial charge in [-0.3, -0.25) is 0 Å². The van der Waals surface area contributed by atoms with E-state index in [2.05, 4.69) is 179 Å². The van der Waals surface area contributed by atoms with E-state index in [4.69, 9.17) is 4.42 Å². The number of benzene rings is 7. The summed E-state index contributed by atoms with van der Waals surface area (Å²) in [6.07, 6.45) is 0. The maximum absolute atomic E-state index is 6.89. The van der Waals surface area contributed by atoms with Gasteiger partial charge in [0.1, 0.15) is 5.58 Å². The van der Waals surface area contributed by atoms with Gasteiger partial charge >= 0.3 is 0 Å². The molecular formula is C50H41BN2OS. The number of rotatable bonds is 3. The number of furan rings is 1. The minimum atomic E-state index is 0.0158. The first-order chi connectivity index (χ1) is 26.5. The molecule has 1 aliphatic heterocycles. The van der Waals surface area contributed by atoms with E-state index < -0.39 is 0 Å². The fourth-order valence-electron chi connectivity index (χ4n) is 8.96. The summed E-state index contributed by atoms with van der Waals surface area (Å²) in [7, 11) is 0.710. The second-order valence-electron chi connectivity index (χ2n) is 17.5. The molecule has 0 fully saturated rings.